The van der Waals surface area contributed by atoms with E-state index in [0.29, 0.717) is 0 Å². The van der Waals surface area contributed by atoms with Gasteiger partial charge in [0.2, 0.25) is 5.91 Å². The molecule has 1 fully saturated rings. The van der Waals surface area contributed by atoms with Gasteiger partial charge in [-0.3, -0.25) is 9.63 Å². The monoisotopic (exact) mass is 227 g/mol. The number of amides is 1. The van der Waals surface area contributed by atoms with E-state index in [-0.39, 0.29) is 17.4 Å². The maximum atomic E-state index is 11.9. The third kappa shape index (κ3) is 5.50. The molecule has 1 aliphatic carbocycles. The van der Waals surface area contributed by atoms with E-state index in [4.69, 9.17) is 4.84 Å². The van der Waals surface area contributed by atoms with Crippen molar-refractivity contribution in [3.8, 4) is 0 Å². The van der Waals surface area contributed by atoms with E-state index >= 15 is 0 Å². The molecule has 94 valence electrons. The molecule has 1 amide bonds. The van der Waals surface area contributed by atoms with E-state index < -0.39 is 0 Å². The lowest BCUT2D eigenvalue weighted by atomic mass is 9.91. The van der Waals surface area contributed by atoms with Crippen molar-refractivity contribution < 1.29 is 9.63 Å². The number of hydrogen-bond donors (Lipinski definition) is 1. The fourth-order valence-electron chi connectivity index (χ4n) is 2.01. The number of hydrogen-bond acceptors (Lipinski definition) is 2. The van der Waals surface area contributed by atoms with Gasteiger partial charge in [0.15, 0.2) is 0 Å². The summed E-state index contributed by atoms with van der Waals surface area (Å²) in [6.45, 7) is 5.81. The normalized spacial score (nSPS) is 19.9. The van der Waals surface area contributed by atoms with Gasteiger partial charge >= 0.3 is 0 Å². The van der Waals surface area contributed by atoms with Gasteiger partial charge < -0.3 is 0 Å². The molecule has 0 spiro atoms. The summed E-state index contributed by atoms with van der Waals surface area (Å²) in [5.74, 6) is 0.222. The Morgan fingerprint density at radius 3 is 2.06 bits per heavy atom. The highest BCUT2D eigenvalue weighted by Gasteiger charge is 2.21. The molecular formula is C13H25NO2. The first-order valence-electron chi connectivity index (χ1n) is 6.47. The molecular weight excluding hydrogens is 202 g/mol. The van der Waals surface area contributed by atoms with Crippen molar-refractivity contribution in [3.05, 3.63) is 0 Å². The highest BCUT2D eigenvalue weighted by Crippen LogP contribution is 2.22. The van der Waals surface area contributed by atoms with Gasteiger partial charge in [0.25, 0.3) is 0 Å². The van der Waals surface area contributed by atoms with Crippen LogP contribution < -0.4 is 5.48 Å². The number of nitrogens with one attached hydrogen (secondary N) is 1. The van der Waals surface area contributed by atoms with Gasteiger partial charge in [0.05, 0.1) is 5.60 Å². The minimum absolute atomic E-state index is 0.0665. The van der Waals surface area contributed by atoms with Crippen molar-refractivity contribution in [1.82, 2.24) is 5.48 Å². The van der Waals surface area contributed by atoms with Gasteiger partial charge in [0.1, 0.15) is 0 Å². The summed E-state index contributed by atoms with van der Waals surface area (Å²) in [5, 5.41) is 0. The van der Waals surface area contributed by atoms with Crippen LogP contribution in [-0.4, -0.2) is 11.5 Å². The van der Waals surface area contributed by atoms with E-state index in [2.05, 4.69) is 5.48 Å². The molecule has 0 aromatic carbocycles. The fourth-order valence-corrected chi connectivity index (χ4v) is 2.01. The summed E-state index contributed by atoms with van der Waals surface area (Å²) in [7, 11) is 0. The Hall–Kier alpha value is -0.570. The molecule has 1 aliphatic rings. The zero-order valence-corrected chi connectivity index (χ0v) is 10.8. The molecule has 0 atom stereocenters. The Balaban J connectivity index is 2.33. The Morgan fingerprint density at radius 1 is 1.06 bits per heavy atom. The lowest BCUT2D eigenvalue weighted by Crippen LogP contribution is -2.37. The van der Waals surface area contributed by atoms with Crippen molar-refractivity contribution in [2.75, 3.05) is 0 Å². The summed E-state index contributed by atoms with van der Waals surface area (Å²) in [6.07, 6.45) is 8.24. The van der Waals surface area contributed by atoms with Crippen LogP contribution in [0.2, 0.25) is 0 Å². The molecule has 0 aromatic heterocycles. The highest BCUT2D eigenvalue weighted by molar-refractivity contribution is 5.77. The summed E-state index contributed by atoms with van der Waals surface area (Å²) in [6, 6.07) is 0. The second-order valence-corrected chi connectivity index (χ2v) is 5.72. The molecule has 0 bridgehead atoms. The first-order chi connectivity index (χ1) is 7.49. The number of rotatable bonds is 2. The van der Waals surface area contributed by atoms with Crippen LogP contribution in [0.15, 0.2) is 0 Å². The van der Waals surface area contributed by atoms with Gasteiger partial charge in [-0.2, -0.15) is 0 Å². The minimum Gasteiger partial charge on any atom is -0.272 e. The van der Waals surface area contributed by atoms with Gasteiger partial charge in [-0.15, -0.1) is 0 Å². The molecule has 0 aromatic rings. The first kappa shape index (κ1) is 13.5. The van der Waals surface area contributed by atoms with Crippen LogP contribution >= 0.6 is 0 Å². The SMILES string of the molecule is CC(C)(C)ONC(=O)C1CCCCCCC1. The van der Waals surface area contributed by atoms with E-state index in [1.165, 1.54) is 32.1 Å². The molecule has 1 saturated carbocycles. The molecule has 0 aliphatic heterocycles. The van der Waals surface area contributed by atoms with Crippen LogP contribution in [0.3, 0.4) is 0 Å². The van der Waals surface area contributed by atoms with Crippen LogP contribution in [0.5, 0.6) is 0 Å². The zero-order valence-electron chi connectivity index (χ0n) is 10.8. The van der Waals surface area contributed by atoms with Crippen molar-refractivity contribution in [2.45, 2.75) is 71.3 Å². The zero-order chi connectivity index (χ0) is 12.0. The van der Waals surface area contributed by atoms with Crippen molar-refractivity contribution in [2.24, 2.45) is 5.92 Å². The predicted octanol–water partition coefficient (Wildman–Crippen LogP) is 3.19. The number of carbonyl (C=O) groups excluding carboxylic acids is 1. The largest absolute Gasteiger partial charge is 0.272 e. The Morgan fingerprint density at radius 2 is 1.56 bits per heavy atom. The minimum atomic E-state index is -0.308. The van der Waals surface area contributed by atoms with E-state index in [1.54, 1.807) is 0 Å². The molecule has 1 rings (SSSR count). The predicted molar refractivity (Wildman–Crippen MR) is 64.8 cm³/mol. The average molecular weight is 227 g/mol. The third-order valence-corrected chi connectivity index (χ3v) is 2.93. The van der Waals surface area contributed by atoms with Crippen LogP contribution in [0.1, 0.15) is 65.7 Å². The van der Waals surface area contributed by atoms with E-state index in [9.17, 15) is 4.79 Å². The smallest absolute Gasteiger partial charge is 0.246 e. The first-order valence-corrected chi connectivity index (χ1v) is 6.47. The Kier molecular flexibility index (Phi) is 5.26. The van der Waals surface area contributed by atoms with Crippen LogP contribution in [-0.2, 0) is 9.63 Å². The lowest BCUT2D eigenvalue weighted by molar-refractivity contribution is -0.150. The quantitative estimate of drug-likeness (QED) is 0.736. The average Bonchev–Trinajstić information content (AvgIpc) is 2.12. The van der Waals surface area contributed by atoms with Crippen LogP contribution in [0, 0.1) is 5.92 Å². The van der Waals surface area contributed by atoms with E-state index in [0.717, 1.165) is 12.8 Å². The lowest BCUT2D eigenvalue weighted by Gasteiger charge is -2.23. The maximum Gasteiger partial charge on any atom is 0.246 e. The second-order valence-electron chi connectivity index (χ2n) is 5.72. The summed E-state index contributed by atoms with van der Waals surface area (Å²) >= 11 is 0. The second kappa shape index (κ2) is 6.24. The van der Waals surface area contributed by atoms with Crippen molar-refractivity contribution in [1.29, 1.82) is 0 Å². The maximum absolute atomic E-state index is 11.9. The van der Waals surface area contributed by atoms with Gasteiger partial charge in [-0.25, -0.2) is 5.48 Å². The molecule has 0 unspecified atom stereocenters. The van der Waals surface area contributed by atoms with Gasteiger partial charge in [-0.1, -0.05) is 32.1 Å². The molecule has 16 heavy (non-hydrogen) atoms. The van der Waals surface area contributed by atoms with Crippen molar-refractivity contribution >= 4 is 5.91 Å². The molecule has 0 heterocycles. The Labute approximate surface area is 98.9 Å². The number of hydroxylamine groups is 1. The van der Waals surface area contributed by atoms with Crippen LogP contribution in [0.25, 0.3) is 0 Å². The summed E-state index contributed by atoms with van der Waals surface area (Å²) < 4.78 is 0. The molecule has 1 N–H and O–H groups in total. The molecule has 0 radical (unpaired) electrons. The van der Waals surface area contributed by atoms with E-state index in [1.807, 2.05) is 20.8 Å². The third-order valence-electron chi connectivity index (χ3n) is 2.93. The fraction of sp³-hybridized carbons (Fsp3) is 0.923. The van der Waals surface area contributed by atoms with Gasteiger partial charge in [-0.05, 0) is 33.6 Å². The Bertz CT molecular complexity index is 212. The molecule has 3 nitrogen and oxygen atoms in total. The van der Waals surface area contributed by atoms with Crippen molar-refractivity contribution in [3.63, 3.8) is 0 Å². The summed E-state index contributed by atoms with van der Waals surface area (Å²) in [4.78, 5) is 17.2. The molecule has 3 heteroatoms. The number of carbonyl (C=O) groups is 1. The van der Waals surface area contributed by atoms with Gasteiger partial charge in [0, 0.05) is 5.92 Å². The molecule has 0 saturated heterocycles. The van der Waals surface area contributed by atoms with Crippen LogP contribution in [0.4, 0.5) is 0 Å². The summed E-state index contributed by atoms with van der Waals surface area (Å²) in [5.41, 5.74) is 2.29. The topological polar surface area (TPSA) is 38.3 Å². The highest BCUT2D eigenvalue weighted by atomic mass is 16.7. The standard InChI is InChI=1S/C13H25NO2/c1-13(2,3)16-14-12(15)11-9-7-5-4-6-8-10-11/h11H,4-10H2,1-3H3,(H,14,15).